The number of amides is 1. The van der Waals surface area contributed by atoms with E-state index in [4.69, 9.17) is 4.74 Å². The maximum absolute atomic E-state index is 12.1. The van der Waals surface area contributed by atoms with Crippen molar-refractivity contribution in [1.29, 1.82) is 0 Å². The summed E-state index contributed by atoms with van der Waals surface area (Å²) in [6.07, 6.45) is 21.8. The fraction of sp³-hybridized carbons (Fsp3) is 0.840. The van der Waals surface area contributed by atoms with Crippen molar-refractivity contribution in [2.24, 2.45) is 0 Å². The Hall–Kier alpha value is -1.32. The van der Waals surface area contributed by atoms with Crippen molar-refractivity contribution >= 4 is 11.9 Å². The zero-order chi connectivity index (χ0) is 21.7. The Morgan fingerprint density at radius 1 is 0.793 bits per heavy atom. The van der Waals surface area contributed by atoms with Gasteiger partial charge in [0.1, 0.15) is 0 Å². The number of unbranched alkanes of at least 4 members (excludes halogenated alkanes) is 11. The van der Waals surface area contributed by atoms with E-state index in [0.717, 1.165) is 12.8 Å². The Labute approximate surface area is 180 Å². The van der Waals surface area contributed by atoms with Gasteiger partial charge in [-0.2, -0.15) is 0 Å². The van der Waals surface area contributed by atoms with Gasteiger partial charge in [-0.1, -0.05) is 70.4 Å². The van der Waals surface area contributed by atoms with Crippen LogP contribution in [0.1, 0.15) is 117 Å². The molecule has 0 aromatic carbocycles. The van der Waals surface area contributed by atoms with Crippen molar-refractivity contribution in [3.63, 3.8) is 0 Å². The van der Waals surface area contributed by atoms with Gasteiger partial charge >= 0.3 is 5.97 Å². The highest BCUT2D eigenvalue weighted by Gasteiger charge is 2.11. The molecular formula is C25H47NO3. The van der Waals surface area contributed by atoms with Gasteiger partial charge in [0.05, 0.1) is 12.5 Å². The van der Waals surface area contributed by atoms with E-state index in [1.165, 1.54) is 70.6 Å². The van der Waals surface area contributed by atoms with Crippen molar-refractivity contribution in [3.8, 4) is 0 Å². The highest BCUT2D eigenvalue weighted by molar-refractivity contribution is 5.77. The van der Waals surface area contributed by atoms with Gasteiger partial charge in [0.25, 0.3) is 0 Å². The molecule has 0 fully saturated rings. The third-order valence-corrected chi connectivity index (χ3v) is 5.10. The smallest absolute Gasteiger partial charge is 0.307 e. The minimum absolute atomic E-state index is 0.0979. The Morgan fingerprint density at radius 2 is 1.31 bits per heavy atom. The average Bonchev–Trinajstić information content (AvgIpc) is 2.68. The van der Waals surface area contributed by atoms with Crippen LogP contribution in [0.3, 0.4) is 0 Å². The number of hydrogen-bond acceptors (Lipinski definition) is 3. The average molecular weight is 410 g/mol. The van der Waals surface area contributed by atoms with Crippen LogP contribution < -0.4 is 0 Å². The Balaban J connectivity index is 3.45. The molecule has 0 aromatic rings. The van der Waals surface area contributed by atoms with Crippen LogP contribution >= 0.6 is 0 Å². The van der Waals surface area contributed by atoms with Crippen molar-refractivity contribution in [3.05, 3.63) is 12.2 Å². The quantitative estimate of drug-likeness (QED) is 0.133. The Morgan fingerprint density at radius 3 is 1.86 bits per heavy atom. The first kappa shape index (κ1) is 27.7. The van der Waals surface area contributed by atoms with E-state index >= 15 is 0 Å². The lowest BCUT2D eigenvalue weighted by Gasteiger charge is -2.17. The standard InChI is InChI=1S/C25H47NO3/c1-5-6-7-8-9-10-11-12-13-14-15-16-17-18-19-20-24(27)26(4)22-21-25(28)29-23(2)3/h12-13,23H,5-11,14-22H2,1-4H3/b13-12-. The molecule has 4 nitrogen and oxygen atoms in total. The molecule has 0 rings (SSSR count). The SMILES string of the molecule is CCCCCCCC/C=C\CCCCCCCC(=O)N(C)CCC(=O)OC(C)C. The first-order valence-electron chi connectivity index (χ1n) is 12.1. The summed E-state index contributed by atoms with van der Waals surface area (Å²) in [6.45, 7) is 6.37. The van der Waals surface area contributed by atoms with Gasteiger partial charge < -0.3 is 9.64 Å². The van der Waals surface area contributed by atoms with Crippen LogP contribution in [0, 0.1) is 0 Å². The molecule has 170 valence electrons. The zero-order valence-corrected chi connectivity index (χ0v) is 19.7. The van der Waals surface area contributed by atoms with Gasteiger partial charge in [0.15, 0.2) is 0 Å². The summed E-state index contributed by atoms with van der Waals surface area (Å²) in [4.78, 5) is 25.2. The molecular weight excluding hydrogens is 362 g/mol. The fourth-order valence-corrected chi connectivity index (χ4v) is 3.24. The van der Waals surface area contributed by atoms with E-state index in [2.05, 4.69) is 19.1 Å². The summed E-state index contributed by atoms with van der Waals surface area (Å²) in [5, 5.41) is 0. The molecule has 0 aliphatic carbocycles. The lowest BCUT2D eigenvalue weighted by Crippen LogP contribution is -2.29. The zero-order valence-electron chi connectivity index (χ0n) is 19.7. The maximum atomic E-state index is 12.1. The molecule has 0 heterocycles. The molecule has 29 heavy (non-hydrogen) atoms. The number of carbonyl (C=O) groups is 2. The van der Waals surface area contributed by atoms with E-state index in [9.17, 15) is 9.59 Å². The number of hydrogen-bond donors (Lipinski definition) is 0. The minimum atomic E-state index is -0.235. The molecule has 0 aromatic heterocycles. The predicted octanol–water partition coefficient (Wildman–Crippen LogP) is 6.82. The molecule has 0 bridgehead atoms. The monoisotopic (exact) mass is 409 g/mol. The van der Waals surface area contributed by atoms with E-state index < -0.39 is 0 Å². The van der Waals surface area contributed by atoms with Crippen LogP contribution in [0.5, 0.6) is 0 Å². The summed E-state index contributed by atoms with van der Waals surface area (Å²) in [7, 11) is 1.77. The van der Waals surface area contributed by atoms with Crippen LogP contribution in [0.25, 0.3) is 0 Å². The maximum Gasteiger partial charge on any atom is 0.307 e. The Bertz CT molecular complexity index is 432. The van der Waals surface area contributed by atoms with Gasteiger partial charge in [-0.25, -0.2) is 0 Å². The van der Waals surface area contributed by atoms with Crippen molar-refractivity contribution in [2.75, 3.05) is 13.6 Å². The van der Waals surface area contributed by atoms with E-state index in [0.29, 0.717) is 13.0 Å². The fourth-order valence-electron chi connectivity index (χ4n) is 3.24. The lowest BCUT2D eigenvalue weighted by atomic mass is 10.1. The molecule has 0 N–H and O–H groups in total. The highest BCUT2D eigenvalue weighted by Crippen LogP contribution is 2.10. The van der Waals surface area contributed by atoms with Gasteiger partial charge in [-0.15, -0.1) is 0 Å². The Kier molecular flexibility index (Phi) is 19.1. The van der Waals surface area contributed by atoms with E-state index in [1.807, 2.05) is 13.8 Å². The van der Waals surface area contributed by atoms with Crippen molar-refractivity contribution in [2.45, 2.75) is 123 Å². The molecule has 0 saturated heterocycles. The van der Waals surface area contributed by atoms with Gasteiger partial charge in [-0.3, -0.25) is 9.59 Å². The molecule has 4 heteroatoms. The lowest BCUT2D eigenvalue weighted by molar-refractivity contribution is -0.148. The third kappa shape index (κ3) is 19.8. The number of ether oxygens (including phenoxy) is 1. The van der Waals surface area contributed by atoms with Gasteiger partial charge in [0.2, 0.25) is 5.91 Å². The first-order chi connectivity index (χ1) is 14.0. The molecule has 0 atom stereocenters. The van der Waals surface area contributed by atoms with Gasteiger partial charge in [0, 0.05) is 20.0 Å². The van der Waals surface area contributed by atoms with Crippen LogP contribution in [0.4, 0.5) is 0 Å². The molecule has 0 radical (unpaired) electrons. The van der Waals surface area contributed by atoms with Crippen LogP contribution in [-0.2, 0) is 14.3 Å². The number of allylic oxidation sites excluding steroid dienone is 2. The van der Waals surface area contributed by atoms with E-state index in [-0.39, 0.29) is 24.4 Å². The second-order valence-electron chi connectivity index (χ2n) is 8.44. The number of carbonyl (C=O) groups excluding carboxylic acids is 2. The van der Waals surface area contributed by atoms with E-state index in [1.54, 1.807) is 11.9 Å². The summed E-state index contributed by atoms with van der Waals surface area (Å²) < 4.78 is 5.09. The largest absolute Gasteiger partial charge is 0.463 e. The minimum Gasteiger partial charge on any atom is -0.463 e. The van der Waals surface area contributed by atoms with Crippen molar-refractivity contribution < 1.29 is 14.3 Å². The van der Waals surface area contributed by atoms with Crippen LogP contribution in [0.15, 0.2) is 12.2 Å². The number of nitrogens with zero attached hydrogens (tertiary/aromatic N) is 1. The first-order valence-corrected chi connectivity index (χ1v) is 12.1. The summed E-state index contributed by atoms with van der Waals surface area (Å²) in [6, 6.07) is 0. The molecule has 0 unspecified atom stereocenters. The molecule has 1 amide bonds. The summed E-state index contributed by atoms with van der Waals surface area (Å²) in [5.74, 6) is -0.111. The number of esters is 1. The van der Waals surface area contributed by atoms with Gasteiger partial charge in [-0.05, 0) is 46.0 Å². The second-order valence-corrected chi connectivity index (χ2v) is 8.44. The molecule has 0 saturated carbocycles. The van der Waals surface area contributed by atoms with Crippen LogP contribution in [0.2, 0.25) is 0 Å². The third-order valence-electron chi connectivity index (χ3n) is 5.10. The summed E-state index contributed by atoms with van der Waals surface area (Å²) in [5.41, 5.74) is 0. The molecule has 0 aliphatic heterocycles. The summed E-state index contributed by atoms with van der Waals surface area (Å²) >= 11 is 0. The molecule has 0 spiro atoms. The van der Waals surface area contributed by atoms with Crippen LogP contribution in [-0.4, -0.2) is 36.5 Å². The molecule has 0 aliphatic rings. The van der Waals surface area contributed by atoms with Crippen molar-refractivity contribution in [1.82, 2.24) is 4.90 Å². The highest BCUT2D eigenvalue weighted by atomic mass is 16.5. The predicted molar refractivity (Wildman–Crippen MR) is 123 cm³/mol. The topological polar surface area (TPSA) is 46.6 Å². The number of rotatable bonds is 19. The second kappa shape index (κ2) is 20.0. The normalized spacial score (nSPS) is 11.3.